The summed E-state index contributed by atoms with van der Waals surface area (Å²) in [7, 11) is 0. The van der Waals surface area contributed by atoms with E-state index in [0.717, 1.165) is 16.7 Å². The zero-order valence-corrected chi connectivity index (χ0v) is 11.1. The van der Waals surface area contributed by atoms with Crippen molar-refractivity contribution in [3.8, 4) is 0 Å². The van der Waals surface area contributed by atoms with Crippen LogP contribution in [-0.2, 0) is 30.5 Å². The average molecular weight is 290 g/mol. The fourth-order valence-electron chi connectivity index (χ4n) is 1.45. The number of alkyl halides is 2. The number of benzene rings is 1. The molecular formula is C10H8Cl2Zr. The van der Waals surface area contributed by atoms with Gasteiger partial charge >= 0.3 is 0 Å². The Labute approximate surface area is 107 Å². The van der Waals surface area contributed by atoms with E-state index in [9.17, 15) is 0 Å². The Kier molecular flexibility index (Phi) is 3.44. The van der Waals surface area contributed by atoms with Gasteiger partial charge in [-0.1, -0.05) is 53.5 Å². The van der Waals surface area contributed by atoms with Gasteiger partial charge in [0, 0.05) is 26.2 Å². The van der Waals surface area contributed by atoms with E-state index >= 15 is 0 Å². The summed E-state index contributed by atoms with van der Waals surface area (Å²) >= 11 is 12.3. The van der Waals surface area contributed by atoms with Crippen LogP contribution < -0.4 is 0 Å². The molecule has 0 aromatic heterocycles. The molecular weight excluding hydrogens is 282 g/mol. The Hall–Kier alpha value is 0.423. The minimum Gasteiger partial charge on any atom is -0.0913 e. The van der Waals surface area contributed by atoms with Crippen molar-refractivity contribution in [1.82, 2.24) is 0 Å². The van der Waals surface area contributed by atoms with Gasteiger partial charge in [-0.15, -0.1) is 0 Å². The van der Waals surface area contributed by atoms with Crippen molar-refractivity contribution >= 4 is 29.3 Å². The van der Waals surface area contributed by atoms with Crippen LogP contribution in [0, 0.1) is 0 Å². The first-order chi connectivity index (χ1) is 5.62. The summed E-state index contributed by atoms with van der Waals surface area (Å²) in [5.74, 6) is 0. The van der Waals surface area contributed by atoms with Gasteiger partial charge in [0.15, 0.2) is 4.33 Å². The molecule has 0 N–H and O–H groups in total. The van der Waals surface area contributed by atoms with Gasteiger partial charge in [-0.05, 0) is 23.6 Å². The second kappa shape index (κ2) is 3.89. The van der Waals surface area contributed by atoms with Crippen LogP contribution in [-0.4, -0.2) is 0 Å². The SMILES string of the molecule is CC1=Cc2ccccc2C1(Cl)Cl.[Zr]. The van der Waals surface area contributed by atoms with Crippen LogP contribution in [0.25, 0.3) is 6.08 Å². The summed E-state index contributed by atoms with van der Waals surface area (Å²) < 4.78 is -0.809. The largest absolute Gasteiger partial charge is 0.164 e. The monoisotopic (exact) mass is 288 g/mol. The third-order valence-electron chi connectivity index (χ3n) is 2.17. The van der Waals surface area contributed by atoms with Gasteiger partial charge in [0.2, 0.25) is 0 Å². The van der Waals surface area contributed by atoms with E-state index in [4.69, 9.17) is 23.2 Å². The zero-order chi connectivity index (χ0) is 8.77. The molecule has 66 valence electrons. The van der Waals surface area contributed by atoms with Crippen LogP contribution in [0.3, 0.4) is 0 Å². The summed E-state index contributed by atoms with van der Waals surface area (Å²) in [6.07, 6.45) is 2.02. The molecule has 0 aliphatic heterocycles. The van der Waals surface area contributed by atoms with E-state index in [0.29, 0.717) is 0 Å². The standard InChI is InChI=1S/C10H8Cl2.Zr/c1-7-6-8-4-2-3-5-9(8)10(7,11)12;/h2-6H,1H3;. The topological polar surface area (TPSA) is 0 Å². The maximum Gasteiger partial charge on any atom is 0.164 e. The molecule has 0 heterocycles. The number of fused-ring (bicyclic) bond motifs is 1. The van der Waals surface area contributed by atoms with Crippen molar-refractivity contribution in [2.45, 2.75) is 11.3 Å². The molecule has 1 aliphatic carbocycles. The third kappa shape index (κ3) is 1.79. The zero-order valence-electron chi connectivity index (χ0n) is 7.14. The van der Waals surface area contributed by atoms with E-state index in [-0.39, 0.29) is 26.2 Å². The van der Waals surface area contributed by atoms with Gasteiger partial charge in [0.05, 0.1) is 0 Å². The van der Waals surface area contributed by atoms with Crippen molar-refractivity contribution in [2.75, 3.05) is 0 Å². The first kappa shape index (κ1) is 11.5. The molecule has 0 atom stereocenters. The van der Waals surface area contributed by atoms with Gasteiger partial charge in [0.1, 0.15) is 0 Å². The Morgan fingerprint density at radius 1 is 1.15 bits per heavy atom. The van der Waals surface area contributed by atoms with Crippen molar-refractivity contribution < 1.29 is 26.2 Å². The summed E-state index contributed by atoms with van der Waals surface area (Å²) in [5, 5.41) is 0. The Balaban J connectivity index is 0.000000845. The van der Waals surface area contributed by atoms with Crippen LogP contribution >= 0.6 is 23.2 Å². The molecule has 0 spiro atoms. The Morgan fingerprint density at radius 3 is 2.38 bits per heavy atom. The fraction of sp³-hybridized carbons (Fsp3) is 0.200. The molecule has 0 fully saturated rings. The van der Waals surface area contributed by atoms with Crippen LogP contribution in [0.1, 0.15) is 18.1 Å². The van der Waals surface area contributed by atoms with Gasteiger partial charge in [-0.25, -0.2) is 0 Å². The van der Waals surface area contributed by atoms with Gasteiger partial charge in [0.25, 0.3) is 0 Å². The van der Waals surface area contributed by atoms with Gasteiger partial charge < -0.3 is 0 Å². The first-order valence-corrected chi connectivity index (χ1v) is 4.54. The molecule has 1 aromatic carbocycles. The molecule has 0 nitrogen and oxygen atoms in total. The molecule has 0 unspecified atom stereocenters. The van der Waals surface area contributed by atoms with Crippen molar-refractivity contribution in [1.29, 1.82) is 0 Å². The number of hydrogen-bond acceptors (Lipinski definition) is 0. The molecule has 0 amide bonds. The predicted molar refractivity (Wildman–Crippen MR) is 53.5 cm³/mol. The van der Waals surface area contributed by atoms with Crippen LogP contribution in [0.5, 0.6) is 0 Å². The molecule has 13 heavy (non-hydrogen) atoms. The van der Waals surface area contributed by atoms with Crippen LogP contribution in [0.2, 0.25) is 0 Å². The second-order valence-corrected chi connectivity index (χ2v) is 4.32. The van der Waals surface area contributed by atoms with E-state index in [1.54, 1.807) is 0 Å². The number of rotatable bonds is 0. The quantitative estimate of drug-likeness (QED) is 0.639. The minimum absolute atomic E-state index is 0. The normalized spacial score (nSPS) is 17.3. The average Bonchev–Trinajstić information content (AvgIpc) is 2.25. The van der Waals surface area contributed by atoms with E-state index in [2.05, 4.69) is 0 Å². The third-order valence-corrected chi connectivity index (χ3v) is 3.17. The molecule has 0 bridgehead atoms. The smallest absolute Gasteiger partial charge is 0.0913 e. The molecule has 1 aliphatic rings. The second-order valence-electron chi connectivity index (χ2n) is 2.99. The van der Waals surface area contributed by atoms with Crippen LogP contribution in [0.15, 0.2) is 29.8 Å². The molecule has 1 aromatic rings. The summed E-state index contributed by atoms with van der Waals surface area (Å²) in [5.41, 5.74) is 3.11. The maximum absolute atomic E-state index is 6.15. The molecule has 0 saturated carbocycles. The van der Waals surface area contributed by atoms with Crippen LogP contribution in [0.4, 0.5) is 0 Å². The van der Waals surface area contributed by atoms with Crippen molar-refractivity contribution in [3.63, 3.8) is 0 Å². The van der Waals surface area contributed by atoms with E-state index < -0.39 is 4.33 Å². The van der Waals surface area contributed by atoms with Gasteiger partial charge in [-0.3, -0.25) is 0 Å². The summed E-state index contributed by atoms with van der Waals surface area (Å²) in [6.45, 7) is 1.94. The minimum atomic E-state index is -0.809. The van der Waals surface area contributed by atoms with Gasteiger partial charge in [-0.2, -0.15) is 0 Å². The summed E-state index contributed by atoms with van der Waals surface area (Å²) in [6, 6.07) is 7.91. The van der Waals surface area contributed by atoms with Crippen molar-refractivity contribution in [3.05, 3.63) is 41.0 Å². The maximum atomic E-state index is 6.15. The molecule has 2 rings (SSSR count). The number of allylic oxidation sites excluding steroid dienone is 1. The van der Waals surface area contributed by atoms with E-state index in [1.807, 2.05) is 37.3 Å². The van der Waals surface area contributed by atoms with Crippen molar-refractivity contribution in [2.24, 2.45) is 0 Å². The fourth-order valence-corrected chi connectivity index (χ4v) is 1.90. The number of halogens is 2. The predicted octanol–water partition coefficient (Wildman–Crippen LogP) is 3.73. The van der Waals surface area contributed by atoms with E-state index in [1.165, 1.54) is 0 Å². The molecule has 0 saturated heterocycles. The summed E-state index contributed by atoms with van der Waals surface area (Å²) in [4.78, 5) is 0. The Morgan fingerprint density at radius 2 is 1.77 bits per heavy atom. The molecule has 3 heteroatoms. The first-order valence-electron chi connectivity index (χ1n) is 3.78. The molecule has 0 radical (unpaired) electrons. The Bertz CT molecular complexity index is 356. The number of hydrogen-bond donors (Lipinski definition) is 0.